The molecule has 3 N–H and O–H groups in total. The Morgan fingerprint density at radius 2 is 2.00 bits per heavy atom. The van der Waals surface area contributed by atoms with Crippen molar-refractivity contribution >= 4 is 22.9 Å². The minimum absolute atomic E-state index is 0.356. The Bertz CT molecular complexity index is 1190. The topological polar surface area (TPSA) is 81.1 Å². The zero-order valence-corrected chi connectivity index (χ0v) is 21.8. The van der Waals surface area contributed by atoms with Gasteiger partial charge in [-0.25, -0.2) is 4.98 Å². The van der Waals surface area contributed by atoms with Crippen LogP contribution in [0.25, 0.3) is 22.3 Å². The number of anilines is 1. The van der Waals surface area contributed by atoms with E-state index >= 15 is 0 Å². The van der Waals surface area contributed by atoms with Gasteiger partial charge in [0.15, 0.2) is 0 Å². The van der Waals surface area contributed by atoms with Crippen LogP contribution in [0.5, 0.6) is 0 Å². The summed E-state index contributed by atoms with van der Waals surface area (Å²) in [6, 6.07) is 6.68. The Morgan fingerprint density at radius 3 is 2.65 bits per heavy atom. The number of aliphatic imine (C=N–C) groups is 1. The molecule has 2 unspecified atom stereocenters. The molecule has 0 aliphatic heterocycles. The van der Waals surface area contributed by atoms with E-state index in [0.29, 0.717) is 18.5 Å². The highest BCUT2D eigenvalue weighted by Crippen LogP contribution is 2.38. The minimum Gasteiger partial charge on any atom is -0.401 e. The number of nitrogens with zero attached hydrogens (tertiary/aromatic N) is 4. The molecule has 0 bridgehead atoms. The van der Waals surface area contributed by atoms with Crippen LogP contribution in [-0.4, -0.2) is 34.3 Å². The van der Waals surface area contributed by atoms with Crippen molar-refractivity contribution in [2.75, 3.05) is 18.9 Å². The summed E-state index contributed by atoms with van der Waals surface area (Å²) in [7, 11) is 1.74. The summed E-state index contributed by atoms with van der Waals surface area (Å²) >= 11 is 0. The smallest absolute Gasteiger partial charge is 0.0942 e. The molecule has 0 fully saturated rings. The lowest BCUT2D eigenvalue weighted by molar-refractivity contribution is 0.530. The summed E-state index contributed by atoms with van der Waals surface area (Å²) in [5, 5.41) is 3.62. The summed E-state index contributed by atoms with van der Waals surface area (Å²) in [4.78, 5) is 14.0. The number of aryl methyl sites for hydroxylation is 1. The monoisotopic (exact) mass is 460 g/mol. The quantitative estimate of drug-likeness (QED) is 0.343. The average Bonchev–Trinajstić information content (AvgIpc) is 3.16. The summed E-state index contributed by atoms with van der Waals surface area (Å²) in [6.45, 7) is 13.9. The van der Waals surface area contributed by atoms with E-state index in [1.165, 1.54) is 11.3 Å². The third-order valence-electron chi connectivity index (χ3n) is 6.79. The highest BCUT2D eigenvalue weighted by molar-refractivity contribution is 5.95. The van der Waals surface area contributed by atoms with Gasteiger partial charge in [-0.1, -0.05) is 27.7 Å². The van der Waals surface area contributed by atoms with Crippen LogP contribution in [0.4, 0.5) is 5.69 Å². The van der Waals surface area contributed by atoms with E-state index in [2.05, 4.69) is 68.6 Å². The fourth-order valence-electron chi connectivity index (χ4n) is 4.52. The first kappa shape index (κ1) is 25.5. The highest BCUT2D eigenvalue weighted by atomic mass is 15.1. The molecule has 0 aromatic carbocycles. The molecule has 0 saturated carbocycles. The first-order valence-electron chi connectivity index (χ1n) is 12.5. The molecule has 0 saturated heterocycles. The van der Waals surface area contributed by atoms with Crippen molar-refractivity contribution in [3.8, 4) is 11.3 Å². The lowest BCUT2D eigenvalue weighted by Crippen LogP contribution is -2.14. The largest absolute Gasteiger partial charge is 0.401 e. The van der Waals surface area contributed by atoms with Crippen LogP contribution in [0.1, 0.15) is 76.4 Å². The number of nitrogens with two attached hydrogens (primary N) is 1. The SMILES string of the molecule is CCc1c(C)c2nc(-c3cccnc3C(C)CC)cc(NCC(N)=CC=NC)c2n1C(C)CC. The predicted octanol–water partition coefficient (Wildman–Crippen LogP) is 6.41. The highest BCUT2D eigenvalue weighted by Gasteiger charge is 2.23. The van der Waals surface area contributed by atoms with Gasteiger partial charge in [-0.2, -0.15) is 0 Å². The predicted molar refractivity (Wildman–Crippen MR) is 146 cm³/mol. The molecule has 0 spiro atoms. The van der Waals surface area contributed by atoms with Crippen molar-refractivity contribution in [2.24, 2.45) is 10.7 Å². The fourth-order valence-corrected chi connectivity index (χ4v) is 4.52. The molecule has 2 atom stereocenters. The average molecular weight is 461 g/mol. The van der Waals surface area contributed by atoms with Gasteiger partial charge in [-0.05, 0) is 68.9 Å². The summed E-state index contributed by atoms with van der Waals surface area (Å²) in [5.74, 6) is 0.356. The molecule has 182 valence electrons. The van der Waals surface area contributed by atoms with E-state index in [9.17, 15) is 0 Å². The summed E-state index contributed by atoms with van der Waals surface area (Å²) < 4.78 is 2.47. The van der Waals surface area contributed by atoms with Gasteiger partial charge < -0.3 is 15.6 Å². The van der Waals surface area contributed by atoms with Crippen LogP contribution < -0.4 is 11.1 Å². The number of fused-ring (bicyclic) bond motifs is 1. The van der Waals surface area contributed by atoms with Crippen LogP contribution in [0.15, 0.2) is 41.2 Å². The second-order valence-corrected chi connectivity index (χ2v) is 9.05. The van der Waals surface area contributed by atoms with Gasteiger partial charge in [-0.15, -0.1) is 0 Å². The molecule has 0 amide bonds. The molecule has 3 aromatic rings. The van der Waals surface area contributed by atoms with Crippen LogP contribution in [0.2, 0.25) is 0 Å². The number of hydrogen-bond donors (Lipinski definition) is 2. The Balaban J connectivity index is 2.29. The number of nitrogens with one attached hydrogen (secondary N) is 1. The van der Waals surface area contributed by atoms with Crippen molar-refractivity contribution in [3.63, 3.8) is 0 Å². The van der Waals surface area contributed by atoms with Gasteiger partial charge in [0.1, 0.15) is 0 Å². The van der Waals surface area contributed by atoms with E-state index in [4.69, 9.17) is 15.7 Å². The van der Waals surface area contributed by atoms with E-state index in [0.717, 1.165) is 58.6 Å². The third-order valence-corrected chi connectivity index (χ3v) is 6.79. The fraction of sp³-hybridized carbons (Fsp3) is 0.464. The lowest BCUT2D eigenvalue weighted by atomic mass is 9.97. The number of rotatable bonds is 10. The van der Waals surface area contributed by atoms with Crippen LogP contribution in [-0.2, 0) is 6.42 Å². The second kappa shape index (κ2) is 11.3. The molecule has 0 aliphatic carbocycles. The number of allylic oxidation sites excluding steroid dienone is 1. The van der Waals surface area contributed by atoms with Crippen LogP contribution in [0.3, 0.4) is 0 Å². The standard InChI is InChI=1S/C28H40N6/c1-8-18(4)26-22(12-11-14-31-26)23-16-24(32-17-21(29)13-15-30-7)28-27(33-23)20(6)25(10-3)34(28)19(5)9-2/h11-16,18-19H,8-10,17,29H2,1-7H3,(H,32,33). The zero-order chi connectivity index (χ0) is 24.8. The minimum atomic E-state index is 0.356. The maximum atomic E-state index is 6.24. The van der Waals surface area contributed by atoms with E-state index in [-0.39, 0.29) is 0 Å². The van der Waals surface area contributed by atoms with Crippen molar-refractivity contribution in [1.29, 1.82) is 0 Å². The second-order valence-electron chi connectivity index (χ2n) is 9.05. The summed E-state index contributed by atoms with van der Waals surface area (Å²) in [6.07, 6.45) is 8.48. The summed E-state index contributed by atoms with van der Waals surface area (Å²) in [5.41, 5.74) is 15.9. The third kappa shape index (κ3) is 5.01. The Morgan fingerprint density at radius 1 is 1.24 bits per heavy atom. The maximum Gasteiger partial charge on any atom is 0.0942 e. The van der Waals surface area contributed by atoms with E-state index in [1.807, 2.05) is 18.3 Å². The van der Waals surface area contributed by atoms with E-state index < -0.39 is 0 Å². The van der Waals surface area contributed by atoms with Crippen molar-refractivity contribution in [2.45, 2.75) is 72.8 Å². The molecule has 3 heterocycles. The Labute approximate surface area is 204 Å². The maximum absolute atomic E-state index is 6.24. The molecule has 6 heteroatoms. The molecular formula is C28H40N6. The van der Waals surface area contributed by atoms with Crippen LogP contribution >= 0.6 is 0 Å². The lowest BCUT2D eigenvalue weighted by Gasteiger charge is -2.20. The van der Waals surface area contributed by atoms with E-state index in [1.54, 1.807) is 13.3 Å². The molecule has 34 heavy (non-hydrogen) atoms. The molecule has 3 aromatic heterocycles. The zero-order valence-electron chi connectivity index (χ0n) is 21.8. The molecule has 0 radical (unpaired) electrons. The Kier molecular flexibility index (Phi) is 8.48. The van der Waals surface area contributed by atoms with Gasteiger partial charge in [-0.3, -0.25) is 9.98 Å². The van der Waals surface area contributed by atoms with Gasteiger partial charge in [0, 0.05) is 42.5 Å². The van der Waals surface area contributed by atoms with Crippen molar-refractivity contribution < 1.29 is 0 Å². The number of pyridine rings is 2. The molecule has 0 aliphatic rings. The van der Waals surface area contributed by atoms with Gasteiger partial charge in [0.25, 0.3) is 0 Å². The number of aromatic nitrogens is 3. The molecular weight excluding hydrogens is 420 g/mol. The Hall–Kier alpha value is -3.15. The van der Waals surface area contributed by atoms with Crippen molar-refractivity contribution in [1.82, 2.24) is 14.5 Å². The number of hydrogen-bond acceptors (Lipinski definition) is 5. The first-order valence-corrected chi connectivity index (χ1v) is 12.5. The normalized spacial score (nSPS) is 14.1. The van der Waals surface area contributed by atoms with Gasteiger partial charge in [0.2, 0.25) is 0 Å². The van der Waals surface area contributed by atoms with Gasteiger partial charge >= 0.3 is 0 Å². The van der Waals surface area contributed by atoms with Gasteiger partial charge in [0.05, 0.1) is 34.7 Å². The van der Waals surface area contributed by atoms with Crippen LogP contribution in [0, 0.1) is 6.92 Å². The molecule has 3 rings (SSSR count). The van der Waals surface area contributed by atoms with Crippen molar-refractivity contribution in [3.05, 3.63) is 53.1 Å². The first-order chi connectivity index (χ1) is 16.4. The molecule has 6 nitrogen and oxygen atoms in total.